The maximum atomic E-state index is 8.91. The molecule has 0 bridgehead atoms. The Bertz CT molecular complexity index is 390. The minimum atomic E-state index is 0.329. The second-order valence-corrected chi connectivity index (χ2v) is 4.16. The van der Waals surface area contributed by atoms with Gasteiger partial charge in [0, 0.05) is 12.1 Å². The van der Waals surface area contributed by atoms with Crippen molar-refractivity contribution in [2.45, 2.75) is 37.8 Å². The van der Waals surface area contributed by atoms with Gasteiger partial charge in [-0.1, -0.05) is 0 Å². The molecule has 2 rings (SSSR count). The monoisotopic (exact) mass is 217 g/mol. The first-order chi connectivity index (χ1) is 7.79. The number of nitrogens with zero attached hydrogens (tertiary/aromatic N) is 3. The fourth-order valence-electron chi connectivity index (χ4n) is 1.99. The molecular formula is C11H15N5. The standard InChI is InChI=1S/C11H15N5/c12-7-8-5-6-14-16-11(8)15-10-3-1-9(13)2-4-10/h5-6,9-10H,1-4,13H2,(H,15,16). The van der Waals surface area contributed by atoms with Crippen LogP contribution in [0, 0.1) is 11.3 Å². The lowest BCUT2D eigenvalue weighted by Crippen LogP contribution is -2.33. The van der Waals surface area contributed by atoms with Crippen molar-refractivity contribution in [2.24, 2.45) is 5.73 Å². The zero-order valence-electron chi connectivity index (χ0n) is 9.06. The van der Waals surface area contributed by atoms with Gasteiger partial charge in [0.2, 0.25) is 0 Å². The highest BCUT2D eigenvalue weighted by Gasteiger charge is 2.19. The van der Waals surface area contributed by atoms with Crippen LogP contribution in [0.5, 0.6) is 0 Å². The van der Waals surface area contributed by atoms with Crippen molar-refractivity contribution in [3.05, 3.63) is 17.8 Å². The maximum absolute atomic E-state index is 8.91. The Morgan fingerprint density at radius 1 is 1.38 bits per heavy atom. The zero-order valence-corrected chi connectivity index (χ0v) is 9.06. The Labute approximate surface area is 94.7 Å². The summed E-state index contributed by atoms with van der Waals surface area (Å²) in [5, 5.41) is 19.9. The van der Waals surface area contributed by atoms with E-state index in [2.05, 4.69) is 21.6 Å². The zero-order chi connectivity index (χ0) is 11.4. The lowest BCUT2D eigenvalue weighted by atomic mass is 9.92. The third kappa shape index (κ3) is 2.47. The normalized spacial score (nSPS) is 24.8. The fraction of sp³-hybridized carbons (Fsp3) is 0.545. The smallest absolute Gasteiger partial charge is 0.166 e. The van der Waals surface area contributed by atoms with Gasteiger partial charge in [0.15, 0.2) is 5.82 Å². The molecule has 0 unspecified atom stereocenters. The third-order valence-corrected chi connectivity index (χ3v) is 2.95. The molecule has 0 atom stereocenters. The molecule has 1 aromatic heterocycles. The average Bonchev–Trinajstić information content (AvgIpc) is 2.33. The van der Waals surface area contributed by atoms with Crippen molar-refractivity contribution in [3.8, 4) is 6.07 Å². The molecule has 0 aromatic carbocycles. The average molecular weight is 217 g/mol. The third-order valence-electron chi connectivity index (χ3n) is 2.95. The summed E-state index contributed by atoms with van der Waals surface area (Å²) in [5.74, 6) is 0.588. The number of aromatic nitrogens is 2. The molecule has 0 aliphatic heterocycles. The van der Waals surface area contributed by atoms with Crippen LogP contribution >= 0.6 is 0 Å². The molecule has 5 heteroatoms. The van der Waals surface area contributed by atoms with Crippen molar-refractivity contribution in [3.63, 3.8) is 0 Å². The topological polar surface area (TPSA) is 87.6 Å². The highest BCUT2D eigenvalue weighted by molar-refractivity contribution is 5.50. The van der Waals surface area contributed by atoms with E-state index in [9.17, 15) is 0 Å². The van der Waals surface area contributed by atoms with Gasteiger partial charge in [-0.05, 0) is 31.7 Å². The van der Waals surface area contributed by atoms with Crippen molar-refractivity contribution < 1.29 is 0 Å². The molecule has 0 spiro atoms. The molecule has 1 aromatic rings. The van der Waals surface area contributed by atoms with Gasteiger partial charge in [-0.2, -0.15) is 10.4 Å². The van der Waals surface area contributed by atoms with Crippen LogP contribution in [0.4, 0.5) is 5.82 Å². The minimum absolute atomic E-state index is 0.329. The van der Waals surface area contributed by atoms with E-state index >= 15 is 0 Å². The number of nitrogens with two attached hydrogens (primary N) is 1. The number of rotatable bonds is 2. The van der Waals surface area contributed by atoms with Crippen LogP contribution in [-0.4, -0.2) is 22.3 Å². The number of nitriles is 1. The first kappa shape index (κ1) is 10.8. The van der Waals surface area contributed by atoms with E-state index in [1.807, 2.05) is 0 Å². The van der Waals surface area contributed by atoms with Gasteiger partial charge in [-0.3, -0.25) is 0 Å². The summed E-state index contributed by atoms with van der Waals surface area (Å²) in [6.07, 6.45) is 5.64. The Balaban J connectivity index is 2.01. The number of hydrogen-bond acceptors (Lipinski definition) is 5. The van der Waals surface area contributed by atoms with Crippen LogP contribution in [0.25, 0.3) is 0 Å². The maximum Gasteiger partial charge on any atom is 0.166 e. The highest BCUT2D eigenvalue weighted by Crippen LogP contribution is 2.21. The molecule has 0 amide bonds. The Kier molecular flexibility index (Phi) is 3.32. The predicted octanol–water partition coefficient (Wildman–Crippen LogP) is 1.03. The molecule has 3 N–H and O–H groups in total. The van der Waals surface area contributed by atoms with Crippen molar-refractivity contribution in [2.75, 3.05) is 5.32 Å². The molecule has 1 fully saturated rings. The second kappa shape index (κ2) is 4.90. The van der Waals surface area contributed by atoms with E-state index in [1.54, 1.807) is 6.07 Å². The van der Waals surface area contributed by atoms with Gasteiger partial charge < -0.3 is 11.1 Å². The fourth-order valence-corrected chi connectivity index (χ4v) is 1.99. The molecule has 1 aliphatic rings. The minimum Gasteiger partial charge on any atom is -0.365 e. The SMILES string of the molecule is N#Cc1ccnnc1NC1CCC(N)CC1. The van der Waals surface area contributed by atoms with Gasteiger partial charge in [0.1, 0.15) is 6.07 Å². The van der Waals surface area contributed by atoms with E-state index in [4.69, 9.17) is 11.0 Å². The summed E-state index contributed by atoms with van der Waals surface area (Å²) in [5.41, 5.74) is 6.38. The summed E-state index contributed by atoms with van der Waals surface area (Å²) in [6, 6.07) is 4.47. The summed E-state index contributed by atoms with van der Waals surface area (Å²) < 4.78 is 0. The van der Waals surface area contributed by atoms with E-state index in [0.29, 0.717) is 23.5 Å². The molecule has 1 heterocycles. The van der Waals surface area contributed by atoms with E-state index in [0.717, 1.165) is 25.7 Å². The van der Waals surface area contributed by atoms with E-state index in [-0.39, 0.29) is 0 Å². The molecule has 1 saturated carbocycles. The van der Waals surface area contributed by atoms with Gasteiger partial charge in [-0.15, -0.1) is 5.10 Å². The molecule has 1 aliphatic carbocycles. The van der Waals surface area contributed by atoms with Crippen LogP contribution in [0.15, 0.2) is 12.3 Å². The molecule has 84 valence electrons. The Hall–Kier alpha value is -1.67. The quantitative estimate of drug-likeness (QED) is 0.772. The predicted molar refractivity (Wildman–Crippen MR) is 60.6 cm³/mol. The number of anilines is 1. The van der Waals surface area contributed by atoms with Gasteiger partial charge in [-0.25, -0.2) is 0 Å². The lowest BCUT2D eigenvalue weighted by molar-refractivity contribution is 0.410. The first-order valence-electron chi connectivity index (χ1n) is 5.53. The van der Waals surface area contributed by atoms with Crippen LogP contribution in [-0.2, 0) is 0 Å². The first-order valence-corrected chi connectivity index (χ1v) is 5.53. The highest BCUT2D eigenvalue weighted by atomic mass is 15.2. The summed E-state index contributed by atoms with van der Waals surface area (Å²) in [6.45, 7) is 0. The van der Waals surface area contributed by atoms with Crippen LogP contribution in [0.2, 0.25) is 0 Å². The number of nitrogens with one attached hydrogen (secondary N) is 1. The van der Waals surface area contributed by atoms with Crippen molar-refractivity contribution in [1.29, 1.82) is 5.26 Å². The summed E-state index contributed by atoms with van der Waals surface area (Å²) >= 11 is 0. The van der Waals surface area contributed by atoms with Crippen LogP contribution in [0.3, 0.4) is 0 Å². The molecule has 0 radical (unpaired) electrons. The summed E-state index contributed by atoms with van der Waals surface area (Å²) in [4.78, 5) is 0. The lowest BCUT2D eigenvalue weighted by Gasteiger charge is -2.27. The Morgan fingerprint density at radius 3 is 2.81 bits per heavy atom. The van der Waals surface area contributed by atoms with Crippen LogP contribution < -0.4 is 11.1 Å². The molecular weight excluding hydrogens is 202 g/mol. The largest absolute Gasteiger partial charge is 0.365 e. The van der Waals surface area contributed by atoms with E-state index in [1.165, 1.54) is 6.20 Å². The molecule has 0 saturated heterocycles. The van der Waals surface area contributed by atoms with Gasteiger partial charge >= 0.3 is 0 Å². The molecule has 16 heavy (non-hydrogen) atoms. The summed E-state index contributed by atoms with van der Waals surface area (Å²) in [7, 11) is 0. The second-order valence-electron chi connectivity index (χ2n) is 4.16. The molecule has 5 nitrogen and oxygen atoms in total. The van der Waals surface area contributed by atoms with Crippen LogP contribution in [0.1, 0.15) is 31.2 Å². The van der Waals surface area contributed by atoms with Gasteiger partial charge in [0.25, 0.3) is 0 Å². The Morgan fingerprint density at radius 2 is 2.12 bits per heavy atom. The number of hydrogen-bond donors (Lipinski definition) is 2. The van der Waals surface area contributed by atoms with E-state index < -0.39 is 0 Å². The van der Waals surface area contributed by atoms with Crippen molar-refractivity contribution >= 4 is 5.82 Å². The van der Waals surface area contributed by atoms with Gasteiger partial charge in [0.05, 0.1) is 11.8 Å². The van der Waals surface area contributed by atoms with Crippen molar-refractivity contribution in [1.82, 2.24) is 10.2 Å².